The van der Waals surface area contributed by atoms with E-state index in [1.165, 1.54) is 25.9 Å². The summed E-state index contributed by atoms with van der Waals surface area (Å²) in [7, 11) is 0. The summed E-state index contributed by atoms with van der Waals surface area (Å²) in [5.41, 5.74) is 1.18. The molecule has 0 spiro atoms. The van der Waals surface area contributed by atoms with Gasteiger partial charge in [0.15, 0.2) is 5.58 Å². The highest BCUT2D eigenvalue weighted by atomic mass is 35.5. The Balaban J connectivity index is 0.000000882. The number of nitrogens with one attached hydrogen (secondary N) is 1. The van der Waals surface area contributed by atoms with Crippen LogP contribution in [0.2, 0.25) is 0 Å². The van der Waals surface area contributed by atoms with E-state index in [0.29, 0.717) is 17.2 Å². The van der Waals surface area contributed by atoms with Crippen LogP contribution in [0.5, 0.6) is 0 Å². The zero-order chi connectivity index (χ0) is 13.5. The molecule has 22 heavy (non-hydrogen) atoms. The molecule has 1 N–H and O–H groups in total. The summed E-state index contributed by atoms with van der Waals surface area (Å²) in [6.07, 6.45) is 5.61. The highest BCUT2D eigenvalue weighted by Crippen LogP contribution is 2.27. The Morgan fingerprint density at radius 2 is 2.09 bits per heavy atom. The monoisotopic (exact) mass is 343 g/mol. The van der Waals surface area contributed by atoms with Crippen molar-refractivity contribution < 1.29 is 9.21 Å². The molecule has 7 heteroatoms. The van der Waals surface area contributed by atoms with Crippen LogP contribution in [0, 0.1) is 5.92 Å². The van der Waals surface area contributed by atoms with E-state index in [4.69, 9.17) is 4.42 Å². The summed E-state index contributed by atoms with van der Waals surface area (Å²) < 4.78 is 5.24. The molecule has 0 saturated carbocycles. The number of piperidine rings is 3. The lowest BCUT2D eigenvalue weighted by atomic mass is 9.84. The van der Waals surface area contributed by atoms with Crippen molar-refractivity contribution in [1.82, 2.24) is 15.2 Å². The van der Waals surface area contributed by atoms with Crippen LogP contribution >= 0.6 is 24.8 Å². The lowest BCUT2D eigenvalue weighted by molar-refractivity contribution is 0.0618. The number of amides is 1. The molecule has 3 fully saturated rings. The van der Waals surface area contributed by atoms with Crippen LogP contribution < -0.4 is 5.32 Å². The molecule has 3 aliphatic heterocycles. The third-order valence-corrected chi connectivity index (χ3v) is 4.55. The topological polar surface area (TPSA) is 58.4 Å². The molecular weight excluding hydrogens is 325 g/mol. The summed E-state index contributed by atoms with van der Waals surface area (Å²) in [6, 6.07) is 3.91. The van der Waals surface area contributed by atoms with Gasteiger partial charge in [-0.1, -0.05) is 0 Å². The van der Waals surface area contributed by atoms with Gasteiger partial charge in [0, 0.05) is 18.0 Å². The zero-order valence-corrected chi connectivity index (χ0v) is 13.7. The summed E-state index contributed by atoms with van der Waals surface area (Å²) in [5, 5.41) is 4.07. The Bertz CT molecular complexity index is 653. The third-order valence-electron chi connectivity index (χ3n) is 4.55. The summed E-state index contributed by atoms with van der Waals surface area (Å²) in [6.45, 7) is 3.33. The molecule has 0 unspecified atom stereocenters. The summed E-state index contributed by atoms with van der Waals surface area (Å²) in [4.78, 5) is 18.9. The molecule has 2 aromatic heterocycles. The van der Waals surface area contributed by atoms with Crippen molar-refractivity contribution in [1.29, 1.82) is 0 Å². The number of carbonyl (C=O) groups is 1. The van der Waals surface area contributed by atoms with Gasteiger partial charge in [0.05, 0.1) is 12.5 Å². The van der Waals surface area contributed by atoms with Gasteiger partial charge in [-0.05, 0) is 44.0 Å². The smallest absolute Gasteiger partial charge is 0.270 e. The first kappa shape index (κ1) is 17.1. The van der Waals surface area contributed by atoms with Crippen LogP contribution in [-0.2, 0) is 0 Å². The van der Waals surface area contributed by atoms with Crippen molar-refractivity contribution in [2.75, 3.05) is 19.6 Å². The van der Waals surface area contributed by atoms with Gasteiger partial charge in [0.25, 0.3) is 5.91 Å². The quantitative estimate of drug-likeness (QED) is 0.909. The molecule has 0 radical (unpaired) electrons. The van der Waals surface area contributed by atoms with Crippen LogP contribution in [-0.4, -0.2) is 41.5 Å². The Kier molecular flexibility index (Phi) is 5.32. The highest BCUT2D eigenvalue weighted by Gasteiger charge is 2.35. The van der Waals surface area contributed by atoms with Gasteiger partial charge in [-0.3, -0.25) is 4.79 Å². The van der Waals surface area contributed by atoms with E-state index in [2.05, 4.69) is 15.2 Å². The third kappa shape index (κ3) is 3.07. The molecule has 1 atom stereocenters. The van der Waals surface area contributed by atoms with Gasteiger partial charge in [0.2, 0.25) is 0 Å². The number of hydrogen-bond donors (Lipinski definition) is 1. The second-order valence-electron chi connectivity index (χ2n) is 5.75. The molecule has 2 aromatic rings. The van der Waals surface area contributed by atoms with Gasteiger partial charge in [-0.15, -0.1) is 24.8 Å². The lowest BCUT2D eigenvalue weighted by Gasteiger charge is -2.44. The van der Waals surface area contributed by atoms with Gasteiger partial charge in [-0.2, -0.15) is 0 Å². The first-order valence-corrected chi connectivity index (χ1v) is 7.16. The van der Waals surface area contributed by atoms with Gasteiger partial charge >= 0.3 is 0 Å². The van der Waals surface area contributed by atoms with Crippen molar-refractivity contribution in [3.05, 3.63) is 30.3 Å². The first-order valence-electron chi connectivity index (χ1n) is 7.16. The predicted octanol–water partition coefficient (Wildman–Crippen LogP) is 2.50. The van der Waals surface area contributed by atoms with E-state index in [1.54, 1.807) is 18.5 Å². The fourth-order valence-electron chi connectivity index (χ4n) is 3.36. The first-order chi connectivity index (χ1) is 9.79. The molecule has 0 aliphatic carbocycles. The van der Waals surface area contributed by atoms with E-state index in [9.17, 15) is 4.79 Å². The molecule has 2 bridgehead atoms. The standard InChI is InChI=1S/C15H17N3O2.2ClH/c19-15(12-7-11-3-6-20-14(11)8-16-12)17-13-9-18-4-1-10(13)2-5-18;;/h3,6-8,10,13H,1-2,4-5,9H2,(H,17,19);2*1H/t13-;;/m0../s1. The van der Waals surface area contributed by atoms with Crippen molar-refractivity contribution in [2.45, 2.75) is 18.9 Å². The predicted molar refractivity (Wildman–Crippen MR) is 88.9 cm³/mol. The zero-order valence-electron chi connectivity index (χ0n) is 12.0. The maximum atomic E-state index is 12.3. The number of furan rings is 1. The average molecular weight is 344 g/mol. The molecule has 5 rings (SSSR count). The Hall–Kier alpha value is -1.30. The number of carbonyl (C=O) groups excluding carboxylic acids is 1. The molecule has 0 aromatic carbocycles. The number of pyridine rings is 1. The maximum absolute atomic E-state index is 12.3. The van der Waals surface area contributed by atoms with Crippen LogP contribution in [0.4, 0.5) is 0 Å². The second kappa shape index (κ2) is 6.86. The summed E-state index contributed by atoms with van der Waals surface area (Å²) in [5.74, 6) is 0.549. The second-order valence-corrected chi connectivity index (χ2v) is 5.75. The van der Waals surface area contributed by atoms with Crippen LogP contribution in [0.1, 0.15) is 23.3 Å². The van der Waals surface area contributed by atoms with E-state index in [0.717, 1.165) is 11.9 Å². The number of rotatable bonds is 2. The van der Waals surface area contributed by atoms with E-state index in [1.807, 2.05) is 6.07 Å². The molecule has 1 amide bonds. The van der Waals surface area contributed by atoms with Crippen LogP contribution in [0.3, 0.4) is 0 Å². The Morgan fingerprint density at radius 1 is 1.32 bits per heavy atom. The molecule has 5 heterocycles. The molecule has 3 saturated heterocycles. The summed E-state index contributed by atoms with van der Waals surface area (Å²) >= 11 is 0. The van der Waals surface area contributed by atoms with E-state index >= 15 is 0 Å². The van der Waals surface area contributed by atoms with Crippen molar-refractivity contribution in [2.24, 2.45) is 5.92 Å². The molecule has 5 nitrogen and oxygen atoms in total. The number of halogens is 2. The number of nitrogens with zero attached hydrogens (tertiary/aromatic N) is 2. The maximum Gasteiger partial charge on any atom is 0.270 e. The molecule has 3 aliphatic rings. The highest BCUT2D eigenvalue weighted by molar-refractivity contribution is 5.95. The van der Waals surface area contributed by atoms with Gasteiger partial charge in [-0.25, -0.2) is 4.98 Å². The van der Waals surface area contributed by atoms with Crippen molar-refractivity contribution in [3.63, 3.8) is 0 Å². The van der Waals surface area contributed by atoms with E-state index in [-0.39, 0.29) is 36.8 Å². The van der Waals surface area contributed by atoms with Crippen molar-refractivity contribution in [3.8, 4) is 0 Å². The SMILES string of the molecule is Cl.Cl.O=C(N[C@H]1CN2CCC1CC2)c1cc2ccoc2cn1. The van der Waals surface area contributed by atoms with E-state index < -0.39 is 0 Å². The minimum atomic E-state index is -0.0770. The fourth-order valence-corrected chi connectivity index (χ4v) is 3.36. The van der Waals surface area contributed by atoms with Gasteiger partial charge < -0.3 is 14.6 Å². The lowest BCUT2D eigenvalue weighted by Crippen LogP contribution is -2.57. The largest absolute Gasteiger partial charge is 0.463 e. The average Bonchev–Trinajstić information content (AvgIpc) is 2.96. The minimum absolute atomic E-state index is 0. The number of fused-ring (bicyclic) bond motifs is 4. The molecule has 120 valence electrons. The van der Waals surface area contributed by atoms with Crippen LogP contribution in [0.15, 0.2) is 29.0 Å². The minimum Gasteiger partial charge on any atom is -0.463 e. The van der Waals surface area contributed by atoms with Crippen molar-refractivity contribution >= 4 is 41.7 Å². The fraction of sp³-hybridized carbons (Fsp3) is 0.467. The normalized spacial score (nSPS) is 26.1. The Labute approximate surface area is 141 Å². The van der Waals surface area contributed by atoms with Gasteiger partial charge in [0.1, 0.15) is 5.69 Å². The molecular formula is C15H19Cl2N3O2. The Morgan fingerprint density at radius 3 is 2.77 bits per heavy atom. The number of hydrogen-bond acceptors (Lipinski definition) is 4. The van der Waals surface area contributed by atoms with Crippen LogP contribution in [0.25, 0.3) is 11.0 Å². The number of aromatic nitrogens is 1.